The van der Waals surface area contributed by atoms with Gasteiger partial charge in [0.05, 0.1) is 10.7 Å². The summed E-state index contributed by atoms with van der Waals surface area (Å²) >= 11 is 12.5. The first-order valence-electron chi connectivity index (χ1n) is 10.8. The molecule has 3 aromatic rings. The number of nitrogens with zero attached hydrogens (tertiary/aromatic N) is 1. The first-order chi connectivity index (χ1) is 16.6. The maximum atomic E-state index is 13.2. The standard InChI is InChI=1S/C27H22Cl2N2O4/c1-15-8-16(2)10-19(9-15)14-35-24-7-5-18(12-22(24)29)11-21-25(32)30-27(34)31(26(21)33)23-13-20(28)6-4-17(23)3/h4-13H,14H2,1-3H3,(H,30,32,34)/b21-11+. The highest BCUT2D eigenvalue weighted by Gasteiger charge is 2.37. The maximum Gasteiger partial charge on any atom is 0.335 e. The van der Waals surface area contributed by atoms with Crippen LogP contribution in [0.1, 0.15) is 27.8 Å². The van der Waals surface area contributed by atoms with E-state index in [1.165, 1.54) is 12.1 Å². The molecule has 0 bridgehead atoms. The lowest BCUT2D eigenvalue weighted by atomic mass is 10.1. The predicted octanol–water partition coefficient (Wildman–Crippen LogP) is 6.16. The summed E-state index contributed by atoms with van der Waals surface area (Å²) in [7, 11) is 0. The molecule has 0 unspecified atom stereocenters. The van der Waals surface area contributed by atoms with Crippen LogP contribution in [0, 0.1) is 20.8 Å². The van der Waals surface area contributed by atoms with E-state index in [9.17, 15) is 14.4 Å². The Labute approximate surface area is 213 Å². The minimum atomic E-state index is -0.837. The van der Waals surface area contributed by atoms with Gasteiger partial charge in [-0.2, -0.15) is 0 Å². The fraction of sp³-hybridized carbons (Fsp3) is 0.148. The third kappa shape index (κ3) is 5.39. The summed E-state index contributed by atoms with van der Waals surface area (Å²) in [5, 5.41) is 2.89. The van der Waals surface area contributed by atoms with Crippen LogP contribution >= 0.6 is 23.2 Å². The lowest BCUT2D eigenvalue weighted by Crippen LogP contribution is -2.54. The molecule has 4 amide bonds. The van der Waals surface area contributed by atoms with Gasteiger partial charge in [0.2, 0.25) is 0 Å². The van der Waals surface area contributed by atoms with Crippen molar-refractivity contribution in [1.82, 2.24) is 5.32 Å². The number of carbonyl (C=O) groups excluding carboxylic acids is 3. The van der Waals surface area contributed by atoms with Crippen molar-refractivity contribution in [3.63, 3.8) is 0 Å². The van der Waals surface area contributed by atoms with Gasteiger partial charge in [-0.3, -0.25) is 14.9 Å². The Morgan fingerprint density at radius 2 is 1.63 bits per heavy atom. The van der Waals surface area contributed by atoms with Crippen LogP contribution in [-0.2, 0) is 16.2 Å². The highest BCUT2D eigenvalue weighted by atomic mass is 35.5. The number of barbiturate groups is 1. The first-order valence-corrected chi connectivity index (χ1v) is 11.5. The molecule has 35 heavy (non-hydrogen) atoms. The van der Waals surface area contributed by atoms with Gasteiger partial charge >= 0.3 is 6.03 Å². The van der Waals surface area contributed by atoms with Crippen LogP contribution in [0.25, 0.3) is 6.08 Å². The summed E-state index contributed by atoms with van der Waals surface area (Å²) in [5.41, 5.74) is 4.57. The lowest BCUT2D eigenvalue weighted by molar-refractivity contribution is -0.122. The van der Waals surface area contributed by atoms with Crippen molar-refractivity contribution in [2.75, 3.05) is 4.90 Å². The number of imide groups is 2. The van der Waals surface area contributed by atoms with Crippen LogP contribution in [0.15, 0.2) is 60.2 Å². The largest absolute Gasteiger partial charge is 0.487 e. The van der Waals surface area contributed by atoms with E-state index in [4.69, 9.17) is 27.9 Å². The highest BCUT2D eigenvalue weighted by Crippen LogP contribution is 2.30. The normalized spacial score (nSPS) is 14.9. The summed E-state index contributed by atoms with van der Waals surface area (Å²) in [6, 6.07) is 15.1. The summed E-state index contributed by atoms with van der Waals surface area (Å²) < 4.78 is 5.87. The number of hydrogen-bond donors (Lipinski definition) is 1. The number of urea groups is 1. The van der Waals surface area contributed by atoms with Gasteiger partial charge in [-0.1, -0.05) is 64.7 Å². The molecule has 8 heteroatoms. The van der Waals surface area contributed by atoms with Gasteiger partial charge in [0.1, 0.15) is 17.9 Å². The average Bonchev–Trinajstić information content (AvgIpc) is 2.77. The lowest BCUT2D eigenvalue weighted by Gasteiger charge is -2.27. The van der Waals surface area contributed by atoms with E-state index in [0.29, 0.717) is 39.2 Å². The topological polar surface area (TPSA) is 75.7 Å². The van der Waals surface area contributed by atoms with Gasteiger partial charge in [-0.25, -0.2) is 9.69 Å². The van der Waals surface area contributed by atoms with Crippen LogP contribution in [0.2, 0.25) is 10.0 Å². The Balaban J connectivity index is 1.58. The van der Waals surface area contributed by atoms with Crippen molar-refractivity contribution >= 4 is 52.8 Å². The second-order valence-electron chi connectivity index (χ2n) is 8.36. The fourth-order valence-corrected chi connectivity index (χ4v) is 4.31. The Morgan fingerprint density at radius 1 is 0.914 bits per heavy atom. The van der Waals surface area contributed by atoms with Crippen molar-refractivity contribution in [1.29, 1.82) is 0 Å². The number of anilines is 1. The van der Waals surface area contributed by atoms with Crippen LogP contribution in [-0.4, -0.2) is 17.8 Å². The number of amides is 4. The van der Waals surface area contributed by atoms with Crippen molar-refractivity contribution in [3.8, 4) is 5.75 Å². The molecule has 0 atom stereocenters. The Hall–Kier alpha value is -3.61. The molecule has 1 aliphatic heterocycles. The number of carbonyl (C=O) groups is 3. The molecular weight excluding hydrogens is 487 g/mol. The number of halogens is 2. The van der Waals surface area contributed by atoms with Gasteiger partial charge in [-0.15, -0.1) is 0 Å². The summed E-state index contributed by atoms with van der Waals surface area (Å²) in [5.74, 6) is -1.07. The van der Waals surface area contributed by atoms with Crippen LogP contribution in [0.3, 0.4) is 0 Å². The zero-order valence-corrected chi connectivity index (χ0v) is 20.8. The van der Waals surface area contributed by atoms with Crippen molar-refractivity contribution < 1.29 is 19.1 Å². The first kappa shape index (κ1) is 24.5. The molecule has 1 saturated heterocycles. The summed E-state index contributed by atoms with van der Waals surface area (Å²) in [6.07, 6.45) is 1.39. The number of rotatable bonds is 5. The minimum Gasteiger partial charge on any atom is -0.487 e. The molecule has 3 aromatic carbocycles. The summed E-state index contributed by atoms with van der Waals surface area (Å²) in [4.78, 5) is 39.0. The van der Waals surface area contributed by atoms with Crippen molar-refractivity contribution in [2.45, 2.75) is 27.4 Å². The molecule has 0 aliphatic carbocycles. The third-order valence-electron chi connectivity index (χ3n) is 5.46. The Bertz CT molecular complexity index is 1380. The number of ether oxygens (including phenoxy) is 1. The molecule has 4 rings (SSSR count). The Morgan fingerprint density at radius 3 is 2.31 bits per heavy atom. The van der Waals surface area contributed by atoms with Gasteiger partial charge in [-0.05, 0) is 67.8 Å². The van der Waals surface area contributed by atoms with Crippen molar-refractivity contribution in [2.24, 2.45) is 0 Å². The molecule has 1 aliphatic rings. The minimum absolute atomic E-state index is 0.205. The maximum absolute atomic E-state index is 13.2. The molecule has 6 nitrogen and oxygen atoms in total. The van der Waals surface area contributed by atoms with E-state index in [1.54, 1.807) is 37.3 Å². The van der Waals surface area contributed by atoms with Crippen LogP contribution in [0.5, 0.6) is 5.75 Å². The van der Waals surface area contributed by atoms with Gasteiger partial charge in [0, 0.05) is 5.02 Å². The van der Waals surface area contributed by atoms with E-state index in [0.717, 1.165) is 21.6 Å². The van der Waals surface area contributed by atoms with E-state index >= 15 is 0 Å². The van der Waals surface area contributed by atoms with Gasteiger partial charge in [0.25, 0.3) is 11.8 Å². The number of hydrogen-bond acceptors (Lipinski definition) is 4. The van der Waals surface area contributed by atoms with Crippen LogP contribution < -0.4 is 15.0 Å². The Kier molecular flexibility index (Phi) is 6.96. The van der Waals surface area contributed by atoms with E-state index < -0.39 is 17.8 Å². The third-order valence-corrected chi connectivity index (χ3v) is 5.99. The van der Waals surface area contributed by atoms with Gasteiger partial charge < -0.3 is 4.74 Å². The molecule has 1 heterocycles. The molecule has 0 spiro atoms. The molecule has 1 N–H and O–H groups in total. The molecular formula is C27H22Cl2N2O4. The second kappa shape index (κ2) is 9.94. The van der Waals surface area contributed by atoms with Gasteiger partial charge in [0.15, 0.2) is 0 Å². The number of benzene rings is 3. The number of aryl methyl sites for hydroxylation is 3. The zero-order valence-electron chi connectivity index (χ0n) is 19.3. The van der Waals surface area contributed by atoms with E-state index in [-0.39, 0.29) is 5.57 Å². The smallest absolute Gasteiger partial charge is 0.335 e. The monoisotopic (exact) mass is 508 g/mol. The highest BCUT2D eigenvalue weighted by molar-refractivity contribution is 6.40. The summed E-state index contributed by atoms with van der Waals surface area (Å²) in [6.45, 7) is 6.13. The molecule has 0 aromatic heterocycles. The fourth-order valence-electron chi connectivity index (χ4n) is 3.90. The van der Waals surface area contributed by atoms with Crippen molar-refractivity contribution in [3.05, 3.63) is 98.0 Å². The van der Waals surface area contributed by atoms with Crippen LogP contribution in [0.4, 0.5) is 10.5 Å². The van der Waals surface area contributed by atoms with E-state index in [1.807, 2.05) is 26.0 Å². The molecule has 178 valence electrons. The molecule has 1 fully saturated rings. The predicted molar refractivity (Wildman–Crippen MR) is 137 cm³/mol. The van der Waals surface area contributed by atoms with E-state index in [2.05, 4.69) is 11.4 Å². The zero-order chi connectivity index (χ0) is 25.3. The molecule has 0 saturated carbocycles. The quantitative estimate of drug-likeness (QED) is 0.330. The average molecular weight is 509 g/mol. The second-order valence-corrected chi connectivity index (χ2v) is 9.21. The molecule has 0 radical (unpaired) electrons. The number of nitrogens with one attached hydrogen (secondary N) is 1. The SMILES string of the molecule is Cc1cc(C)cc(COc2ccc(/C=C3\C(=O)NC(=O)N(c4cc(Cl)ccc4C)C3=O)cc2Cl)c1.